The standard InChI is InChI=1S/C62H59N/c1-5-41-30-39(2)37-61(40(3)31-41)54-22-14-12-20-49(54)52-35-47(25-27-56(52)61)63(58-29-24-44(42-16-8-6-9-17-42)32-51(58)43-18-10-7-11-19-43)48-26-28-57-53(36-48)50-21-13-15-23-55(50)62(57)38-46-33-45-34-59(62)60(45,46)4/h6-10,12-18,20-25,27,29,32,35-36,39-41,45-46,59H,5,26,28,30-31,33-34,37-38H2,1-4H3/t39-,40+,41?,45?,46-,59-,60+,61-,62+/m1/s1. The van der Waals surface area contributed by atoms with Crippen LogP contribution in [0.5, 0.6) is 0 Å². The first-order chi connectivity index (χ1) is 30.8. The molecule has 2 spiro atoms. The molecule has 6 aromatic rings. The van der Waals surface area contributed by atoms with Crippen LogP contribution in [0.1, 0.15) is 108 Å². The highest BCUT2D eigenvalue weighted by atomic mass is 15.2. The second-order valence-corrected chi connectivity index (χ2v) is 21.4. The SMILES string of the molecule is CCC1C[C@@H](C)C[C@]2(c3ccccc3-c3cc(N(C4=CC5=C(CC4)[C@]4(C[C@H]6CC7C[C@@H]4[C@@]76C)c4ccccc45)c4ccc(-c5ccccc5)cc4-c4c#cccc4)ccc32)[C@@H](C)C1. The predicted octanol–water partition coefficient (Wildman–Crippen LogP) is 16.0. The van der Waals surface area contributed by atoms with Crippen LogP contribution in [-0.2, 0) is 10.8 Å². The fraction of sp³-hybridized carbons (Fsp3) is 0.355. The highest BCUT2D eigenvalue weighted by Crippen LogP contribution is 2.82. The van der Waals surface area contributed by atoms with Crippen LogP contribution < -0.4 is 4.90 Å². The summed E-state index contributed by atoms with van der Waals surface area (Å²) in [4.78, 5) is 2.67. The van der Waals surface area contributed by atoms with Gasteiger partial charge in [-0.05, 0) is 185 Å². The molecule has 1 nitrogen and oxygen atoms in total. The van der Waals surface area contributed by atoms with Gasteiger partial charge in [0.1, 0.15) is 0 Å². The smallest absolute Gasteiger partial charge is 0.0543 e. The molecular weight excluding hydrogens is 759 g/mol. The Kier molecular flexibility index (Phi) is 8.25. The number of allylic oxidation sites excluding steroid dienone is 4. The van der Waals surface area contributed by atoms with Crippen molar-refractivity contribution in [2.45, 2.75) is 96.3 Å². The second kappa shape index (κ2) is 13.7. The molecule has 0 aliphatic heterocycles. The van der Waals surface area contributed by atoms with E-state index in [9.17, 15) is 0 Å². The molecule has 63 heavy (non-hydrogen) atoms. The number of benzene rings is 5. The van der Waals surface area contributed by atoms with E-state index >= 15 is 0 Å². The molecule has 1 heteroatoms. The van der Waals surface area contributed by atoms with Gasteiger partial charge in [-0.15, -0.1) is 0 Å². The van der Waals surface area contributed by atoms with Gasteiger partial charge in [0.25, 0.3) is 0 Å². The van der Waals surface area contributed by atoms with Gasteiger partial charge in [-0.3, -0.25) is 0 Å². The molecule has 0 bridgehead atoms. The van der Waals surface area contributed by atoms with E-state index in [-0.39, 0.29) is 10.8 Å². The molecule has 0 saturated heterocycles. The summed E-state index contributed by atoms with van der Waals surface area (Å²) in [6, 6.07) is 58.0. The molecule has 0 radical (unpaired) electrons. The zero-order chi connectivity index (χ0) is 42.2. The van der Waals surface area contributed by atoms with Gasteiger partial charge in [0.05, 0.1) is 5.69 Å². The molecule has 0 aromatic heterocycles. The first kappa shape index (κ1) is 37.9. The van der Waals surface area contributed by atoms with Crippen LogP contribution >= 0.6 is 0 Å². The minimum absolute atomic E-state index is 0.0273. The topological polar surface area (TPSA) is 3.24 Å². The van der Waals surface area contributed by atoms with E-state index in [2.05, 4.69) is 178 Å². The van der Waals surface area contributed by atoms with Crippen molar-refractivity contribution in [1.29, 1.82) is 0 Å². The summed E-state index contributed by atoms with van der Waals surface area (Å²) >= 11 is 0. The summed E-state index contributed by atoms with van der Waals surface area (Å²) < 4.78 is 0. The van der Waals surface area contributed by atoms with E-state index in [0.29, 0.717) is 17.3 Å². The van der Waals surface area contributed by atoms with Gasteiger partial charge >= 0.3 is 0 Å². The molecule has 4 fully saturated rings. The molecule has 2 unspecified atom stereocenters. The molecule has 9 atom stereocenters. The molecule has 13 rings (SSSR count). The van der Waals surface area contributed by atoms with Crippen molar-refractivity contribution in [1.82, 2.24) is 0 Å². The Hall–Kier alpha value is -5.58. The maximum Gasteiger partial charge on any atom is 0.0543 e. The van der Waals surface area contributed by atoms with Gasteiger partial charge in [-0.2, -0.15) is 0 Å². The Morgan fingerprint density at radius 2 is 1.41 bits per heavy atom. The lowest BCUT2D eigenvalue weighted by Crippen LogP contribution is -2.59. The van der Waals surface area contributed by atoms with Crippen LogP contribution in [0.3, 0.4) is 0 Å². The Labute approximate surface area is 376 Å². The molecule has 4 saturated carbocycles. The van der Waals surface area contributed by atoms with Crippen LogP contribution in [0.2, 0.25) is 0 Å². The Bertz CT molecular complexity index is 2880. The molecular formula is C62H59N. The third-order valence-corrected chi connectivity index (χ3v) is 18.8. The van der Waals surface area contributed by atoms with Crippen LogP contribution in [-0.4, -0.2) is 0 Å². The van der Waals surface area contributed by atoms with Crippen molar-refractivity contribution in [3.8, 4) is 33.4 Å². The van der Waals surface area contributed by atoms with E-state index < -0.39 is 0 Å². The number of fused-ring (bicyclic) bond motifs is 10. The molecule has 7 aliphatic carbocycles. The summed E-state index contributed by atoms with van der Waals surface area (Å²) in [5, 5.41) is 0. The lowest BCUT2D eigenvalue weighted by atomic mass is 9.40. The van der Waals surface area contributed by atoms with E-state index in [1.165, 1.54) is 101 Å². The summed E-state index contributed by atoms with van der Waals surface area (Å²) in [6.45, 7) is 10.2. The molecule has 312 valence electrons. The van der Waals surface area contributed by atoms with Crippen molar-refractivity contribution in [2.75, 3.05) is 4.90 Å². The van der Waals surface area contributed by atoms with E-state index in [1.807, 2.05) is 6.07 Å². The number of anilines is 2. The summed E-state index contributed by atoms with van der Waals surface area (Å²) in [7, 11) is 0. The molecule has 0 amide bonds. The van der Waals surface area contributed by atoms with Gasteiger partial charge in [0.2, 0.25) is 0 Å². The van der Waals surface area contributed by atoms with Crippen LogP contribution in [0.4, 0.5) is 11.4 Å². The first-order valence-corrected chi connectivity index (χ1v) is 24.5. The quantitative estimate of drug-likeness (QED) is 0.162. The maximum atomic E-state index is 3.56. The van der Waals surface area contributed by atoms with E-state index in [0.717, 1.165) is 42.1 Å². The lowest BCUT2D eigenvalue weighted by Gasteiger charge is -2.65. The van der Waals surface area contributed by atoms with Crippen molar-refractivity contribution < 1.29 is 0 Å². The maximum absolute atomic E-state index is 3.56. The second-order valence-electron chi connectivity index (χ2n) is 21.4. The van der Waals surface area contributed by atoms with Crippen LogP contribution in [0.15, 0.2) is 151 Å². The van der Waals surface area contributed by atoms with Gasteiger partial charge < -0.3 is 4.90 Å². The van der Waals surface area contributed by atoms with Crippen molar-refractivity contribution >= 4 is 16.9 Å². The van der Waals surface area contributed by atoms with Gasteiger partial charge in [0, 0.05) is 33.3 Å². The molecule has 7 aliphatic rings. The van der Waals surface area contributed by atoms with Crippen molar-refractivity contribution in [3.63, 3.8) is 0 Å². The zero-order valence-corrected chi connectivity index (χ0v) is 37.6. The number of rotatable bonds is 6. The summed E-state index contributed by atoms with van der Waals surface area (Å²) in [5.74, 6) is 4.63. The van der Waals surface area contributed by atoms with E-state index in [1.54, 1.807) is 22.3 Å². The molecule has 0 heterocycles. The fourth-order valence-electron chi connectivity index (χ4n) is 15.9. The zero-order valence-electron chi connectivity index (χ0n) is 37.6. The largest absolute Gasteiger partial charge is 0.314 e. The lowest BCUT2D eigenvalue weighted by molar-refractivity contribution is -0.150. The normalized spacial score (nSPS) is 31.5. The van der Waals surface area contributed by atoms with Crippen LogP contribution in [0.25, 0.3) is 39.0 Å². The van der Waals surface area contributed by atoms with Gasteiger partial charge in [0.15, 0.2) is 0 Å². The fourth-order valence-corrected chi connectivity index (χ4v) is 15.9. The highest BCUT2D eigenvalue weighted by Gasteiger charge is 2.76. The highest BCUT2D eigenvalue weighted by molar-refractivity contribution is 5.94. The first-order valence-electron chi connectivity index (χ1n) is 24.5. The predicted molar refractivity (Wildman–Crippen MR) is 261 cm³/mol. The molecule has 0 N–H and O–H groups in total. The third-order valence-electron chi connectivity index (χ3n) is 18.8. The monoisotopic (exact) mass is 817 g/mol. The summed E-state index contributed by atoms with van der Waals surface area (Å²) in [5.41, 5.74) is 21.7. The van der Waals surface area contributed by atoms with E-state index in [4.69, 9.17) is 0 Å². The Morgan fingerprint density at radius 1 is 0.635 bits per heavy atom. The van der Waals surface area contributed by atoms with Gasteiger partial charge in [-0.1, -0.05) is 149 Å². The van der Waals surface area contributed by atoms with Crippen molar-refractivity contribution in [3.05, 3.63) is 185 Å². The Morgan fingerprint density at radius 3 is 2.19 bits per heavy atom. The van der Waals surface area contributed by atoms with Crippen molar-refractivity contribution in [2.24, 2.45) is 40.9 Å². The summed E-state index contributed by atoms with van der Waals surface area (Å²) in [6.07, 6.45) is 14.1. The number of nitrogens with zero attached hydrogens (tertiary/aromatic N) is 1. The number of hydrogen-bond donors (Lipinski definition) is 0. The third kappa shape index (κ3) is 5.08. The Balaban J connectivity index is 1.03. The van der Waals surface area contributed by atoms with Gasteiger partial charge in [-0.25, -0.2) is 0 Å². The average Bonchev–Trinajstić information content (AvgIpc) is 3.64. The number of hydrogen-bond acceptors (Lipinski definition) is 1. The minimum Gasteiger partial charge on any atom is -0.314 e. The van der Waals surface area contributed by atoms with Crippen LogP contribution in [0, 0.1) is 53.1 Å². The molecule has 6 aromatic carbocycles. The minimum atomic E-state index is 0.0273. The average molecular weight is 818 g/mol.